The predicted molar refractivity (Wildman–Crippen MR) is 133 cm³/mol. The Labute approximate surface area is 196 Å². The fourth-order valence-electron chi connectivity index (χ4n) is 4.35. The first kappa shape index (κ1) is 21.5. The Morgan fingerprint density at radius 1 is 0.912 bits per heavy atom. The lowest BCUT2D eigenvalue weighted by Crippen LogP contribution is -2.31. The zero-order valence-electron chi connectivity index (χ0n) is 18.5. The van der Waals surface area contributed by atoms with E-state index in [1.807, 2.05) is 54.6 Å². The number of benzene rings is 3. The number of nitrogen functional groups attached to an aromatic ring is 1. The van der Waals surface area contributed by atoms with Gasteiger partial charge in [0.05, 0.1) is 0 Å². The molecule has 2 heterocycles. The zero-order chi connectivity index (χ0) is 23.7. The number of pyridine rings is 1. The lowest BCUT2D eigenvalue weighted by Gasteiger charge is -2.18. The zero-order valence-corrected chi connectivity index (χ0v) is 18.5. The van der Waals surface area contributed by atoms with Crippen molar-refractivity contribution < 1.29 is 9.59 Å². The van der Waals surface area contributed by atoms with Crippen LogP contribution in [0.5, 0.6) is 0 Å². The van der Waals surface area contributed by atoms with E-state index in [2.05, 4.69) is 5.32 Å². The Bertz CT molecular complexity index is 1440. The second-order valence-corrected chi connectivity index (χ2v) is 8.53. The summed E-state index contributed by atoms with van der Waals surface area (Å²) in [6.45, 7) is 0.936. The molecular weight excluding hydrogens is 428 g/mol. The number of carbonyl (C=O) groups is 2. The number of rotatable bonds is 5. The molecule has 1 aliphatic heterocycles. The first-order chi connectivity index (χ1) is 16.5. The van der Waals surface area contributed by atoms with Gasteiger partial charge in [0.25, 0.3) is 11.5 Å². The summed E-state index contributed by atoms with van der Waals surface area (Å²) >= 11 is 0. The lowest BCUT2D eigenvalue weighted by atomic mass is 10.1. The summed E-state index contributed by atoms with van der Waals surface area (Å²) < 4.78 is 1.55. The number of nitrogens with one attached hydrogen (secondary N) is 1. The van der Waals surface area contributed by atoms with E-state index in [-0.39, 0.29) is 23.3 Å². The highest BCUT2D eigenvalue weighted by Crippen LogP contribution is 2.26. The molecule has 3 aromatic carbocycles. The highest BCUT2D eigenvalue weighted by atomic mass is 16.2. The Hall–Kier alpha value is -4.39. The molecule has 1 saturated heterocycles. The van der Waals surface area contributed by atoms with Gasteiger partial charge in [-0.1, -0.05) is 18.2 Å². The SMILES string of the molecule is Nc1ccc2ccc(C(=O)NCC3CC(=O)N(c4ccc(-n5ccccc5=O)cc4)C3)cc2c1. The molecule has 4 aromatic rings. The van der Waals surface area contributed by atoms with Crippen molar-refractivity contribution in [2.24, 2.45) is 5.92 Å². The summed E-state index contributed by atoms with van der Waals surface area (Å²) in [5.41, 5.74) is 8.47. The van der Waals surface area contributed by atoms with Crippen LogP contribution >= 0.6 is 0 Å². The maximum absolute atomic E-state index is 12.7. The first-order valence-electron chi connectivity index (χ1n) is 11.1. The molecule has 1 unspecified atom stereocenters. The Morgan fingerprint density at radius 3 is 2.47 bits per heavy atom. The van der Waals surface area contributed by atoms with Gasteiger partial charge in [-0.05, 0) is 65.4 Å². The first-order valence-corrected chi connectivity index (χ1v) is 11.1. The van der Waals surface area contributed by atoms with Crippen LogP contribution in [0, 0.1) is 5.92 Å². The maximum Gasteiger partial charge on any atom is 0.255 e. The average molecular weight is 453 g/mol. The number of nitrogens with zero attached hydrogens (tertiary/aromatic N) is 2. The van der Waals surface area contributed by atoms with Crippen molar-refractivity contribution >= 4 is 34.0 Å². The van der Waals surface area contributed by atoms with Crippen LogP contribution < -0.4 is 21.5 Å². The number of hydrogen-bond donors (Lipinski definition) is 2. The van der Waals surface area contributed by atoms with Crippen molar-refractivity contribution in [3.05, 3.63) is 101 Å². The highest BCUT2D eigenvalue weighted by Gasteiger charge is 2.30. The van der Waals surface area contributed by atoms with Crippen molar-refractivity contribution in [1.29, 1.82) is 0 Å². The van der Waals surface area contributed by atoms with E-state index in [0.29, 0.717) is 30.8 Å². The molecule has 1 aliphatic rings. The van der Waals surface area contributed by atoms with E-state index in [1.165, 1.54) is 6.07 Å². The van der Waals surface area contributed by atoms with Gasteiger partial charge in [-0.2, -0.15) is 0 Å². The Morgan fingerprint density at radius 2 is 1.68 bits per heavy atom. The highest BCUT2D eigenvalue weighted by molar-refractivity contribution is 5.99. The van der Waals surface area contributed by atoms with Crippen LogP contribution in [-0.2, 0) is 4.79 Å². The lowest BCUT2D eigenvalue weighted by molar-refractivity contribution is -0.117. The van der Waals surface area contributed by atoms with Gasteiger partial charge in [0.15, 0.2) is 0 Å². The maximum atomic E-state index is 12.7. The number of aromatic nitrogens is 1. The third-order valence-electron chi connectivity index (χ3n) is 6.14. The molecule has 0 radical (unpaired) electrons. The molecule has 3 N–H and O–H groups in total. The van der Waals surface area contributed by atoms with Crippen LogP contribution in [-0.4, -0.2) is 29.5 Å². The fraction of sp³-hybridized carbons (Fsp3) is 0.148. The van der Waals surface area contributed by atoms with Crippen LogP contribution in [0.2, 0.25) is 0 Å². The van der Waals surface area contributed by atoms with Gasteiger partial charge in [-0.15, -0.1) is 0 Å². The number of fused-ring (bicyclic) bond motifs is 1. The van der Waals surface area contributed by atoms with E-state index in [0.717, 1.165) is 22.1 Å². The van der Waals surface area contributed by atoms with E-state index < -0.39 is 0 Å². The molecule has 34 heavy (non-hydrogen) atoms. The van der Waals surface area contributed by atoms with Crippen molar-refractivity contribution in [3.8, 4) is 5.69 Å². The average Bonchev–Trinajstić information content (AvgIpc) is 3.23. The Balaban J connectivity index is 1.23. The molecule has 1 fully saturated rings. The van der Waals surface area contributed by atoms with Crippen LogP contribution in [0.25, 0.3) is 16.5 Å². The number of anilines is 2. The van der Waals surface area contributed by atoms with Crippen LogP contribution in [0.15, 0.2) is 89.9 Å². The normalized spacial score (nSPS) is 15.6. The number of hydrogen-bond acceptors (Lipinski definition) is 4. The van der Waals surface area contributed by atoms with Crippen LogP contribution in [0.3, 0.4) is 0 Å². The van der Waals surface area contributed by atoms with Crippen molar-refractivity contribution in [2.75, 3.05) is 23.7 Å². The second-order valence-electron chi connectivity index (χ2n) is 8.53. The van der Waals surface area contributed by atoms with Crippen LogP contribution in [0.1, 0.15) is 16.8 Å². The minimum absolute atomic E-state index is 0.0176. The molecule has 0 saturated carbocycles. The van der Waals surface area contributed by atoms with Crippen molar-refractivity contribution in [3.63, 3.8) is 0 Å². The summed E-state index contributed by atoms with van der Waals surface area (Å²) in [5.74, 6) is -0.137. The van der Waals surface area contributed by atoms with Crippen LogP contribution in [0.4, 0.5) is 11.4 Å². The Kier molecular flexibility index (Phi) is 5.59. The third-order valence-corrected chi connectivity index (χ3v) is 6.14. The monoisotopic (exact) mass is 452 g/mol. The minimum Gasteiger partial charge on any atom is -0.399 e. The van der Waals surface area contributed by atoms with E-state index >= 15 is 0 Å². The standard InChI is InChI=1S/C27H24N4O3/c28-22-7-6-19-4-5-20(14-21(19)15-22)27(34)29-16-18-13-26(33)31(17-18)24-10-8-23(9-11-24)30-12-2-1-3-25(30)32/h1-12,14-15,18H,13,16-17,28H2,(H,29,34). The second kappa shape index (κ2) is 8.86. The molecule has 1 aromatic heterocycles. The molecule has 5 rings (SSSR count). The molecule has 7 heteroatoms. The van der Waals surface area contributed by atoms with Gasteiger partial charge in [0, 0.05) is 60.3 Å². The molecule has 1 atom stereocenters. The minimum atomic E-state index is -0.173. The van der Waals surface area contributed by atoms with Crippen molar-refractivity contribution in [1.82, 2.24) is 9.88 Å². The van der Waals surface area contributed by atoms with Gasteiger partial charge >= 0.3 is 0 Å². The topological polar surface area (TPSA) is 97.4 Å². The number of carbonyl (C=O) groups excluding carboxylic acids is 2. The van der Waals surface area contributed by atoms with E-state index in [9.17, 15) is 14.4 Å². The van der Waals surface area contributed by atoms with Crippen molar-refractivity contribution in [2.45, 2.75) is 6.42 Å². The molecule has 7 nitrogen and oxygen atoms in total. The molecule has 2 amide bonds. The number of amides is 2. The van der Waals surface area contributed by atoms with Gasteiger partial charge in [0.2, 0.25) is 5.91 Å². The summed E-state index contributed by atoms with van der Waals surface area (Å²) in [6.07, 6.45) is 2.08. The van der Waals surface area contributed by atoms with Gasteiger partial charge in [-0.25, -0.2) is 0 Å². The summed E-state index contributed by atoms with van der Waals surface area (Å²) in [6, 6.07) is 23.5. The smallest absolute Gasteiger partial charge is 0.255 e. The third kappa shape index (κ3) is 4.28. The summed E-state index contributed by atoms with van der Waals surface area (Å²) in [5, 5.41) is 4.89. The van der Waals surface area contributed by atoms with E-state index in [4.69, 9.17) is 5.73 Å². The van der Waals surface area contributed by atoms with E-state index in [1.54, 1.807) is 33.9 Å². The summed E-state index contributed by atoms with van der Waals surface area (Å²) in [7, 11) is 0. The predicted octanol–water partition coefficient (Wildman–Crippen LogP) is 3.36. The molecular formula is C27H24N4O3. The van der Waals surface area contributed by atoms with Gasteiger partial charge in [-0.3, -0.25) is 19.0 Å². The molecule has 0 bridgehead atoms. The fourth-order valence-corrected chi connectivity index (χ4v) is 4.35. The van der Waals surface area contributed by atoms with Gasteiger partial charge in [0.1, 0.15) is 0 Å². The largest absolute Gasteiger partial charge is 0.399 e. The quantitative estimate of drug-likeness (QED) is 0.454. The molecule has 170 valence electrons. The number of nitrogens with two attached hydrogens (primary N) is 1. The molecule has 0 spiro atoms. The summed E-state index contributed by atoms with van der Waals surface area (Å²) in [4.78, 5) is 39.1. The molecule has 0 aliphatic carbocycles. The van der Waals surface area contributed by atoms with Gasteiger partial charge < -0.3 is 16.0 Å².